The lowest BCUT2D eigenvalue weighted by Gasteiger charge is -2.19. The van der Waals surface area contributed by atoms with Gasteiger partial charge in [-0.3, -0.25) is 4.79 Å². The predicted molar refractivity (Wildman–Crippen MR) is 48.2 cm³/mol. The van der Waals surface area contributed by atoms with Crippen molar-refractivity contribution in [2.24, 2.45) is 0 Å². The summed E-state index contributed by atoms with van der Waals surface area (Å²) in [4.78, 5) is 10.4. The van der Waals surface area contributed by atoms with Crippen LogP contribution in [0.2, 0.25) is 0 Å². The molecule has 0 amide bonds. The quantitative estimate of drug-likeness (QED) is 0.673. The van der Waals surface area contributed by atoms with Gasteiger partial charge in [0.2, 0.25) is 6.43 Å². The fourth-order valence-electron chi connectivity index (χ4n) is 0.851. The molecule has 0 saturated heterocycles. The summed E-state index contributed by atoms with van der Waals surface area (Å²) in [5.74, 6) is -4.15. The largest absolute Gasteiger partial charge is 0.288 e. The van der Waals surface area contributed by atoms with Gasteiger partial charge in [0.1, 0.15) is 0 Å². The Labute approximate surface area is 88.4 Å². The zero-order chi connectivity index (χ0) is 12.1. The molecule has 0 spiro atoms. The Balaban J connectivity index is 3.95. The molecule has 7 heteroatoms. The van der Waals surface area contributed by atoms with Crippen molar-refractivity contribution in [1.82, 2.24) is 0 Å². The maximum absolute atomic E-state index is 12.8. The van der Waals surface area contributed by atoms with Crippen LogP contribution in [-0.2, 0) is 4.79 Å². The van der Waals surface area contributed by atoms with Crippen molar-refractivity contribution in [3.05, 3.63) is 0 Å². The number of carbonyl (C=O) groups excluding carboxylic acids is 1. The van der Waals surface area contributed by atoms with Gasteiger partial charge >= 0.3 is 0 Å². The van der Waals surface area contributed by atoms with Crippen molar-refractivity contribution >= 4 is 16.9 Å². The van der Waals surface area contributed by atoms with Gasteiger partial charge in [0.05, 0.1) is 6.42 Å². The molecular weight excluding hydrogens is 239 g/mol. The van der Waals surface area contributed by atoms with E-state index in [1.165, 1.54) is 6.92 Å². The normalized spacial score (nSPS) is 14.3. The Kier molecular flexibility index (Phi) is 6.16. The molecule has 1 atom stereocenters. The summed E-state index contributed by atoms with van der Waals surface area (Å²) in [6, 6.07) is 0. The molecule has 0 aliphatic heterocycles. The molecule has 0 aromatic rings. The third-order valence-electron chi connectivity index (χ3n) is 1.56. The van der Waals surface area contributed by atoms with E-state index in [1.54, 1.807) is 0 Å². The molecule has 0 heterocycles. The van der Waals surface area contributed by atoms with Gasteiger partial charge in [-0.25, -0.2) is 22.0 Å². The maximum atomic E-state index is 12.8. The van der Waals surface area contributed by atoms with Crippen LogP contribution in [0.15, 0.2) is 0 Å². The lowest BCUT2D eigenvalue weighted by Crippen LogP contribution is -2.32. The monoisotopic (exact) mass is 250 g/mol. The molecule has 0 aliphatic carbocycles. The van der Waals surface area contributed by atoms with E-state index in [2.05, 4.69) is 0 Å². The van der Waals surface area contributed by atoms with E-state index >= 15 is 0 Å². The number of halogens is 5. The van der Waals surface area contributed by atoms with E-state index in [-0.39, 0.29) is 10.9 Å². The smallest absolute Gasteiger partial charge is 0.284 e. The summed E-state index contributed by atoms with van der Waals surface area (Å²) >= 11 is 0.695. The molecule has 0 radical (unpaired) electrons. The maximum Gasteiger partial charge on any atom is 0.284 e. The summed E-state index contributed by atoms with van der Waals surface area (Å²) < 4.78 is 61.3. The van der Waals surface area contributed by atoms with Gasteiger partial charge in [0, 0.05) is 12.7 Å². The molecule has 15 heavy (non-hydrogen) atoms. The van der Waals surface area contributed by atoms with Crippen molar-refractivity contribution in [2.45, 2.75) is 38.3 Å². The first-order valence-corrected chi connectivity index (χ1v) is 5.17. The highest BCUT2D eigenvalue weighted by molar-refractivity contribution is 8.13. The number of alkyl halides is 5. The van der Waals surface area contributed by atoms with Gasteiger partial charge in [-0.2, -0.15) is 0 Å². The Morgan fingerprint density at radius 3 is 2.27 bits per heavy atom. The topological polar surface area (TPSA) is 17.1 Å². The molecule has 1 unspecified atom stereocenters. The Bertz CT molecular complexity index is 209. The molecule has 0 aliphatic rings. The first-order chi connectivity index (χ1) is 6.75. The summed E-state index contributed by atoms with van der Waals surface area (Å²) in [7, 11) is 0. The molecule has 0 rings (SSSR count). The van der Waals surface area contributed by atoms with Crippen LogP contribution < -0.4 is 0 Å². The van der Waals surface area contributed by atoms with Crippen LogP contribution in [0.1, 0.15) is 19.8 Å². The van der Waals surface area contributed by atoms with E-state index in [9.17, 15) is 26.7 Å². The zero-order valence-corrected chi connectivity index (χ0v) is 8.80. The summed E-state index contributed by atoms with van der Waals surface area (Å²) in [6.07, 6.45) is -8.25. The van der Waals surface area contributed by atoms with Crippen molar-refractivity contribution in [2.75, 3.05) is 5.75 Å². The van der Waals surface area contributed by atoms with Gasteiger partial charge in [-0.15, -0.1) is 0 Å². The molecule has 90 valence electrons. The van der Waals surface area contributed by atoms with E-state index in [0.717, 1.165) is 0 Å². The highest BCUT2D eigenvalue weighted by Crippen LogP contribution is 2.31. The lowest BCUT2D eigenvalue weighted by molar-refractivity contribution is -0.110. The second kappa shape index (κ2) is 6.30. The fraction of sp³-hybridized carbons (Fsp3) is 0.875. The van der Waals surface area contributed by atoms with Gasteiger partial charge < -0.3 is 0 Å². The molecule has 0 aromatic carbocycles. The fourth-order valence-corrected chi connectivity index (χ4v) is 1.46. The second-order valence-corrected chi connectivity index (χ2v) is 4.22. The minimum atomic E-state index is -4.02. The van der Waals surface area contributed by atoms with E-state index in [1.807, 2.05) is 0 Å². The SMILES string of the molecule is CC(=O)SCCC(F)C(F)(F)CC(F)F. The third-order valence-corrected chi connectivity index (χ3v) is 2.41. The van der Waals surface area contributed by atoms with Crippen LogP contribution >= 0.6 is 11.8 Å². The van der Waals surface area contributed by atoms with Gasteiger partial charge in [-0.05, 0) is 6.42 Å². The average Bonchev–Trinajstić information content (AvgIpc) is 2.00. The van der Waals surface area contributed by atoms with Gasteiger partial charge in [-0.1, -0.05) is 11.8 Å². The summed E-state index contributed by atoms with van der Waals surface area (Å²) in [6.45, 7) is 1.22. The van der Waals surface area contributed by atoms with Gasteiger partial charge in [0.15, 0.2) is 11.3 Å². The third kappa shape index (κ3) is 6.70. The summed E-state index contributed by atoms with van der Waals surface area (Å²) in [5.41, 5.74) is 0. The van der Waals surface area contributed by atoms with Gasteiger partial charge in [0.25, 0.3) is 5.92 Å². The average molecular weight is 250 g/mol. The lowest BCUT2D eigenvalue weighted by atomic mass is 10.1. The van der Waals surface area contributed by atoms with Crippen LogP contribution in [0.3, 0.4) is 0 Å². The van der Waals surface area contributed by atoms with Crippen LogP contribution in [0.5, 0.6) is 0 Å². The summed E-state index contributed by atoms with van der Waals surface area (Å²) in [5, 5.41) is -0.320. The molecule has 1 nitrogen and oxygen atoms in total. The predicted octanol–water partition coefficient (Wildman–Crippen LogP) is 3.28. The number of hydrogen-bond donors (Lipinski definition) is 0. The minimum Gasteiger partial charge on any atom is -0.288 e. The highest BCUT2D eigenvalue weighted by atomic mass is 32.2. The van der Waals surface area contributed by atoms with Crippen LogP contribution in [0, 0.1) is 0 Å². The van der Waals surface area contributed by atoms with Crippen molar-refractivity contribution in [3.8, 4) is 0 Å². The molecular formula is C8H11F5OS. The standard InChI is InChI=1S/C8H11F5OS/c1-5(14)15-3-2-6(9)8(12,13)4-7(10)11/h6-7H,2-4H2,1H3. The van der Waals surface area contributed by atoms with Crippen LogP contribution in [0.4, 0.5) is 22.0 Å². The Morgan fingerprint density at radius 1 is 1.33 bits per heavy atom. The first kappa shape index (κ1) is 14.7. The van der Waals surface area contributed by atoms with E-state index in [4.69, 9.17) is 0 Å². The Morgan fingerprint density at radius 2 is 1.87 bits per heavy atom. The number of hydrogen-bond acceptors (Lipinski definition) is 2. The van der Waals surface area contributed by atoms with Crippen molar-refractivity contribution in [3.63, 3.8) is 0 Å². The molecule has 0 bridgehead atoms. The number of thioether (sulfide) groups is 1. The highest BCUT2D eigenvalue weighted by Gasteiger charge is 2.42. The molecule has 0 N–H and O–H groups in total. The molecule has 0 fully saturated rings. The van der Waals surface area contributed by atoms with Crippen molar-refractivity contribution in [1.29, 1.82) is 0 Å². The number of carbonyl (C=O) groups is 1. The number of rotatable bonds is 6. The van der Waals surface area contributed by atoms with E-state index < -0.39 is 31.4 Å². The molecule has 0 saturated carbocycles. The first-order valence-electron chi connectivity index (χ1n) is 4.19. The molecule has 0 aromatic heterocycles. The zero-order valence-electron chi connectivity index (χ0n) is 7.98. The minimum absolute atomic E-state index is 0.130. The van der Waals surface area contributed by atoms with Crippen LogP contribution in [-0.4, -0.2) is 29.4 Å². The Hall–Kier alpha value is -0.330. The van der Waals surface area contributed by atoms with E-state index in [0.29, 0.717) is 11.8 Å². The van der Waals surface area contributed by atoms with Crippen LogP contribution in [0.25, 0.3) is 0 Å². The van der Waals surface area contributed by atoms with Crippen molar-refractivity contribution < 1.29 is 26.7 Å². The second-order valence-electron chi connectivity index (χ2n) is 2.95.